The first kappa shape index (κ1) is 12.1. The van der Waals surface area contributed by atoms with Crippen LogP contribution < -0.4 is 0 Å². The molecule has 2 nitrogen and oxygen atoms in total. The zero-order valence-electron chi connectivity index (χ0n) is 8.83. The molecule has 0 radical (unpaired) electrons. The lowest BCUT2D eigenvalue weighted by atomic mass is 10.0. The molecular weight excluding hydrogens is 164 g/mol. The Hall–Kier alpha value is -0.890. The summed E-state index contributed by atoms with van der Waals surface area (Å²) < 4.78 is 5.24. The van der Waals surface area contributed by atoms with Gasteiger partial charge in [-0.25, -0.2) is 0 Å². The van der Waals surface area contributed by atoms with Crippen molar-refractivity contribution in [1.29, 1.82) is 0 Å². The molecule has 0 aliphatic rings. The number of hydrogen-bond donors (Lipinski definition) is 0. The van der Waals surface area contributed by atoms with Crippen LogP contribution in [-0.4, -0.2) is 19.0 Å². The molecule has 0 heterocycles. The lowest BCUT2D eigenvalue weighted by Gasteiger charge is -2.20. The minimum absolute atomic E-state index is 0.127. The zero-order chi connectivity index (χ0) is 10.3. The first-order valence-corrected chi connectivity index (χ1v) is 4.35. The van der Waals surface area contributed by atoms with Crippen molar-refractivity contribution in [3.8, 4) is 0 Å². The van der Waals surface area contributed by atoms with Gasteiger partial charge in [-0.15, -0.1) is 0 Å². The predicted octanol–water partition coefficient (Wildman–Crippen LogP) is 2.50. The number of hydrogen-bond acceptors (Lipinski definition) is 2. The monoisotopic (exact) mass is 182 g/mol. The fourth-order valence-electron chi connectivity index (χ4n) is 0.775. The molecule has 0 aliphatic heterocycles. The Balaban J connectivity index is 4.01. The topological polar surface area (TPSA) is 26.3 Å². The Kier molecular flexibility index (Phi) is 5.31. The number of rotatable bonds is 5. The van der Waals surface area contributed by atoms with E-state index in [0.717, 1.165) is 18.3 Å². The van der Waals surface area contributed by atoms with E-state index in [1.807, 2.05) is 32.9 Å². The third-order valence-corrected chi connectivity index (χ3v) is 1.87. The van der Waals surface area contributed by atoms with Crippen LogP contribution in [0.15, 0.2) is 23.8 Å². The second-order valence-electron chi connectivity index (χ2n) is 3.62. The van der Waals surface area contributed by atoms with Gasteiger partial charge in [-0.05, 0) is 38.8 Å². The number of aldehydes is 1. The molecule has 0 spiro atoms. The van der Waals surface area contributed by atoms with E-state index in [9.17, 15) is 4.79 Å². The number of carbonyl (C=O) groups is 1. The van der Waals surface area contributed by atoms with Gasteiger partial charge in [0.05, 0.1) is 5.60 Å². The summed E-state index contributed by atoms with van der Waals surface area (Å²) >= 11 is 0. The summed E-state index contributed by atoms with van der Waals surface area (Å²) in [4.78, 5) is 10.1. The smallest absolute Gasteiger partial charge is 0.143 e. The Bertz CT molecular complexity index is 212. The van der Waals surface area contributed by atoms with Crippen LogP contribution in [0.4, 0.5) is 0 Å². The lowest BCUT2D eigenvalue weighted by Crippen LogP contribution is -2.20. The van der Waals surface area contributed by atoms with Crippen molar-refractivity contribution < 1.29 is 9.53 Å². The van der Waals surface area contributed by atoms with E-state index in [0.29, 0.717) is 0 Å². The van der Waals surface area contributed by atoms with Gasteiger partial charge in [0.15, 0.2) is 0 Å². The summed E-state index contributed by atoms with van der Waals surface area (Å²) in [5.41, 5.74) is 0.833. The van der Waals surface area contributed by atoms with Gasteiger partial charge in [0.1, 0.15) is 6.29 Å². The lowest BCUT2D eigenvalue weighted by molar-refractivity contribution is -0.104. The third kappa shape index (κ3) is 6.29. The van der Waals surface area contributed by atoms with E-state index in [2.05, 4.69) is 0 Å². The molecule has 0 bridgehead atoms. The van der Waals surface area contributed by atoms with Gasteiger partial charge in [-0.2, -0.15) is 0 Å². The van der Waals surface area contributed by atoms with E-state index >= 15 is 0 Å². The summed E-state index contributed by atoms with van der Waals surface area (Å²) in [6.45, 7) is 5.94. The molecule has 2 heteroatoms. The second-order valence-corrected chi connectivity index (χ2v) is 3.62. The number of ether oxygens (including phenoxy) is 1. The second kappa shape index (κ2) is 5.70. The molecule has 0 rings (SSSR count). The Labute approximate surface area is 80.3 Å². The normalized spacial score (nSPS) is 13.7. The van der Waals surface area contributed by atoms with Crippen molar-refractivity contribution in [1.82, 2.24) is 0 Å². The van der Waals surface area contributed by atoms with E-state index < -0.39 is 0 Å². The molecule has 0 unspecified atom stereocenters. The maximum absolute atomic E-state index is 10.1. The highest BCUT2D eigenvalue weighted by atomic mass is 16.5. The molecule has 74 valence electrons. The minimum Gasteiger partial charge on any atom is -0.378 e. The quantitative estimate of drug-likeness (QED) is 0.371. The maximum atomic E-state index is 10.1. The number of allylic oxidation sites excluding steroid dienone is 3. The Morgan fingerprint density at radius 1 is 1.46 bits per heavy atom. The fraction of sp³-hybridized carbons (Fsp3) is 0.545. The van der Waals surface area contributed by atoms with Crippen LogP contribution in [0.5, 0.6) is 0 Å². The van der Waals surface area contributed by atoms with Gasteiger partial charge in [0, 0.05) is 7.11 Å². The van der Waals surface area contributed by atoms with E-state index in [4.69, 9.17) is 4.74 Å². The van der Waals surface area contributed by atoms with Crippen LogP contribution in [0, 0.1) is 0 Å². The summed E-state index contributed by atoms with van der Waals surface area (Å²) in [5.74, 6) is 0. The summed E-state index contributed by atoms with van der Waals surface area (Å²) in [5, 5.41) is 0. The van der Waals surface area contributed by atoms with Crippen LogP contribution in [0.3, 0.4) is 0 Å². The van der Waals surface area contributed by atoms with Gasteiger partial charge >= 0.3 is 0 Å². The Morgan fingerprint density at radius 2 is 2.08 bits per heavy atom. The van der Waals surface area contributed by atoms with E-state index in [1.165, 1.54) is 6.08 Å². The van der Waals surface area contributed by atoms with Gasteiger partial charge in [0.25, 0.3) is 0 Å². The molecular formula is C11H18O2. The van der Waals surface area contributed by atoms with E-state index in [-0.39, 0.29) is 5.60 Å². The molecule has 0 N–H and O–H groups in total. The highest BCUT2D eigenvalue weighted by Crippen LogP contribution is 2.13. The molecule has 0 aliphatic carbocycles. The van der Waals surface area contributed by atoms with Gasteiger partial charge in [-0.1, -0.05) is 12.2 Å². The molecule has 0 aromatic rings. The number of methoxy groups -OCH3 is 1. The van der Waals surface area contributed by atoms with Crippen LogP contribution in [0.25, 0.3) is 0 Å². The molecule has 0 amide bonds. The van der Waals surface area contributed by atoms with Crippen LogP contribution in [0.2, 0.25) is 0 Å². The molecule has 0 atom stereocenters. The van der Waals surface area contributed by atoms with Crippen molar-refractivity contribution >= 4 is 6.29 Å². The number of carbonyl (C=O) groups excluding carboxylic acids is 1. The molecule has 0 saturated carbocycles. The van der Waals surface area contributed by atoms with E-state index in [1.54, 1.807) is 7.11 Å². The van der Waals surface area contributed by atoms with Gasteiger partial charge < -0.3 is 4.74 Å². The van der Waals surface area contributed by atoms with Crippen molar-refractivity contribution in [3.63, 3.8) is 0 Å². The average molecular weight is 182 g/mol. The molecule has 0 fully saturated rings. The highest BCUT2D eigenvalue weighted by Gasteiger charge is 2.12. The first-order chi connectivity index (χ1) is 6.02. The fourth-order valence-corrected chi connectivity index (χ4v) is 0.775. The van der Waals surface area contributed by atoms with Crippen LogP contribution in [0.1, 0.15) is 27.2 Å². The first-order valence-electron chi connectivity index (χ1n) is 4.35. The van der Waals surface area contributed by atoms with Gasteiger partial charge in [0.2, 0.25) is 0 Å². The largest absolute Gasteiger partial charge is 0.378 e. The summed E-state index contributed by atoms with van der Waals surface area (Å²) in [7, 11) is 1.70. The average Bonchev–Trinajstić information content (AvgIpc) is 2.05. The zero-order valence-corrected chi connectivity index (χ0v) is 8.83. The maximum Gasteiger partial charge on any atom is 0.143 e. The van der Waals surface area contributed by atoms with Crippen molar-refractivity contribution in [2.75, 3.05) is 7.11 Å². The summed E-state index contributed by atoms with van der Waals surface area (Å²) in [6.07, 6.45) is 7.11. The highest BCUT2D eigenvalue weighted by molar-refractivity contribution is 5.66. The molecule has 0 aromatic heterocycles. The standard InChI is InChI=1S/C11H18O2/c1-10(7-9-12)6-5-8-11(2,3)13-4/h5-7,9H,8H2,1-4H3/b6-5+,10-7+. The molecule has 0 saturated heterocycles. The van der Waals surface area contributed by atoms with Crippen molar-refractivity contribution in [3.05, 3.63) is 23.8 Å². The van der Waals surface area contributed by atoms with Crippen LogP contribution >= 0.6 is 0 Å². The SMILES string of the molecule is COC(C)(C)C/C=C/C(C)=C/C=O. The van der Waals surface area contributed by atoms with Crippen molar-refractivity contribution in [2.45, 2.75) is 32.8 Å². The van der Waals surface area contributed by atoms with Gasteiger partial charge in [-0.3, -0.25) is 4.79 Å². The molecule has 0 aromatic carbocycles. The predicted molar refractivity (Wildman–Crippen MR) is 54.7 cm³/mol. The molecule has 13 heavy (non-hydrogen) atoms. The summed E-state index contributed by atoms with van der Waals surface area (Å²) in [6, 6.07) is 0. The third-order valence-electron chi connectivity index (χ3n) is 1.87. The minimum atomic E-state index is -0.127. The van der Waals surface area contributed by atoms with Crippen molar-refractivity contribution in [2.24, 2.45) is 0 Å². The van der Waals surface area contributed by atoms with Crippen LogP contribution in [-0.2, 0) is 9.53 Å². The Morgan fingerprint density at radius 3 is 2.54 bits per heavy atom.